The van der Waals surface area contributed by atoms with Crippen molar-refractivity contribution in [2.75, 3.05) is 20.3 Å². The topological polar surface area (TPSA) is 109 Å². The van der Waals surface area contributed by atoms with Gasteiger partial charge < -0.3 is 23.4 Å². The van der Waals surface area contributed by atoms with Crippen molar-refractivity contribution in [2.45, 2.75) is 57.3 Å². The normalized spacial score (nSPS) is 21.7. The van der Waals surface area contributed by atoms with Crippen molar-refractivity contribution in [1.29, 1.82) is 0 Å². The van der Waals surface area contributed by atoms with Gasteiger partial charge in [0.15, 0.2) is 12.5 Å². The number of aromatic nitrogens is 2. The molecular weight excluding hydrogens is 516 g/mol. The molecule has 1 fully saturated rings. The highest BCUT2D eigenvalue weighted by Crippen LogP contribution is 2.41. The Morgan fingerprint density at radius 2 is 1.56 bits per heavy atom. The highest BCUT2D eigenvalue weighted by Gasteiger charge is 2.57. The molecular formula is C29H36N2O7Si. The fraction of sp³-hybridized carbons (Fsp3) is 0.414. The maximum Gasteiger partial charge on any atom is 0.330 e. The first-order chi connectivity index (χ1) is 18.6. The molecule has 208 valence electrons. The van der Waals surface area contributed by atoms with Crippen LogP contribution >= 0.6 is 0 Å². The average Bonchev–Trinajstić information content (AvgIpc) is 3.26. The molecule has 0 radical (unpaired) electrons. The van der Waals surface area contributed by atoms with Crippen LogP contribution in [0.2, 0.25) is 5.04 Å². The van der Waals surface area contributed by atoms with E-state index in [4.69, 9.17) is 18.6 Å². The minimum Gasteiger partial charge on any atom is -0.398 e. The van der Waals surface area contributed by atoms with E-state index in [1.807, 2.05) is 36.4 Å². The van der Waals surface area contributed by atoms with Gasteiger partial charge in [-0.2, -0.15) is 0 Å². The van der Waals surface area contributed by atoms with Crippen LogP contribution in [-0.4, -0.2) is 62.8 Å². The van der Waals surface area contributed by atoms with E-state index in [0.717, 1.165) is 10.4 Å². The predicted octanol–water partition coefficient (Wildman–Crippen LogP) is 1.92. The van der Waals surface area contributed by atoms with Gasteiger partial charge >= 0.3 is 5.69 Å². The first kappa shape index (κ1) is 28.8. The van der Waals surface area contributed by atoms with Crippen LogP contribution in [0, 0.1) is 6.92 Å². The summed E-state index contributed by atoms with van der Waals surface area (Å²) in [6.07, 6.45) is -1.62. The molecule has 4 rings (SSSR count). The maximum absolute atomic E-state index is 12.9. The Morgan fingerprint density at radius 1 is 0.974 bits per heavy atom. The number of methoxy groups -OCH3 is 1. The van der Waals surface area contributed by atoms with Crippen LogP contribution in [0.25, 0.3) is 0 Å². The third-order valence-corrected chi connectivity index (χ3v) is 12.1. The number of carbonyl (C=O) groups excluding carboxylic acids is 1. The van der Waals surface area contributed by atoms with Crippen molar-refractivity contribution in [1.82, 2.24) is 9.55 Å². The molecule has 0 spiro atoms. The molecule has 2 heterocycles. The van der Waals surface area contributed by atoms with Gasteiger partial charge in [-0.3, -0.25) is 14.3 Å². The van der Waals surface area contributed by atoms with E-state index in [2.05, 4.69) is 50.0 Å². The summed E-state index contributed by atoms with van der Waals surface area (Å²) < 4.78 is 26.1. The summed E-state index contributed by atoms with van der Waals surface area (Å²) in [5, 5.41) is 1.69. The maximum atomic E-state index is 12.9. The zero-order valence-corrected chi connectivity index (χ0v) is 24.0. The number of aldehydes is 1. The summed E-state index contributed by atoms with van der Waals surface area (Å²) in [5.41, 5.74) is -0.822. The van der Waals surface area contributed by atoms with Crippen molar-refractivity contribution >= 4 is 25.0 Å². The third-order valence-electron chi connectivity index (χ3n) is 7.11. The number of hydrogen-bond donors (Lipinski definition) is 1. The number of rotatable bonds is 10. The van der Waals surface area contributed by atoms with Crippen molar-refractivity contribution < 1.29 is 23.4 Å². The van der Waals surface area contributed by atoms with Crippen LogP contribution in [0.3, 0.4) is 0 Å². The minimum absolute atomic E-state index is 0.185. The number of benzene rings is 2. The molecule has 0 aliphatic carbocycles. The summed E-state index contributed by atoms with van der Waals surface area (Å²) >= 11 is 0. The van der Waals surface area contributed by atoms with Gasteiger partial charge in [-0.05, 0) is 22.3 Å². The summed E-state index contributed by atoms with van der Waals surface area (Å²) in [6.45, 7) is 8.49. The van der Waals surface area contributed by atoms with Crippen LogP contribution < -0.4 is 21.6 Å². The van der Waals surface area contributed by atoms with Gasteiger partial charge in [0.25, 0.3) is 13.9 Å². The number of aromatic amines is 1. The summed E-state index contributed by atoms with van der Waals surface area (Å²) in [7, 11) is -1.56. The predicted molar refractivity (Wildman–Crippen MR) is 150 cm³/mol. The molecule has 0 saturated carbocycles. The van der Waals surface area contributed by atoms with E-state index in [1.165, 1.54) is 10.8 Å². The van der Waals surface area contributed by atoms with Crippen molar-refractivity contribution in [3.63, 3.8) is 0 Å². The second-order valence-corrected chi connectivity index (χ2v) is 14.9. The molecule has 1 aromatic heterocycles. The van der Waals surface area contributed by atoms with Gasteiger partial charge in [0.2, 0.25) is 0 Å². The molecule has 1 aliphatic heterocycles. The smallest absolute Gasteiger partial charge is 0.330 e. The van der Waals surface area contributed by atoms with Crippen LogP contribution in [0.5, 0.6) is 0 Å². The van der Waals surface area contributed by atoms with Gasteiger partial charge in [0, 0.05) is 18.9 Å². The summed E-state index contributed by atoms with van der Waals surface area (Å²) in [6, 6.07) is 20.1. The molecule has 9 nitrogen and oxygen atoms in total. The molecule has 1 N–H and O–H groups in total. The van der Waals surface area contributed by atoms with Crippen molar-refractivity contribution in [3.8, 4) is 0 Å². The summed E-state index contributed by atoms with van der Waals surface area (Å²) in [4.78, 5) is 39.7. The number of nitrogens with one attached hydrogen (secondary N) is 1. The van der Waals surface area contributed by atoms with E-state index < -0.39 is 44.1 Å². The molecule has 2 aromatic carbocycles. The zero-order chi connectivity index (χ0) is 28.2. The Hall–Kier alpha value is -3.15. The number of ether oxygens (including phenoxy) is 3. The largest absolute Gasteiger partial charge is 0.398 e. The van der Waals surface area contributed by atoms with Gasteiger partial charge in [-0.25, -0.2) is 4.79 Å². The second-order valence-electron chi connectivity index (χ2n) is 10.7. The molecule has 39 heavy (non-hydrogen) atoms. The van der Waals surface area contributed by atoms with Crippen LogP contribution in [0.1, 0.15) is 32.6 Å². The summed E-state index contributed by atoms with van der Waals surface area (Å²) in [5.74, 6) is 0. The lowest BCUT2D eigenvalue weighted by Crippen LogP contribution is -2.69. The Balaban J connectivity index is 1.89. The van der Waals surface area contributed by atoms with Crippen LogP contribution in [0.4, 0.5) is 0 Å². The molecule has 4 atom stereocenters. The lowest BCUT2D eigenvalue weighted by atomic mass is 10.1. The molecule has 1 saturated heterocycles. The fourth-order valence-electron chi connectivity index (χ4n) is 5.25. The van der Waals surface area contributed by atoms with Gasteiger partial charge in [0.1, 0.15) is 18.3 Å². The Morgan fingerprint density at radius 3 is 2.08 bits per heavy atom. The van der Waals surface area contributed by atoms with E-state index >= 15 is 0 Å². The SMILES string of the molecule is COCCO[C@H]1C(n2cc(C)c(=O)[nH]c2=O)OC(C=O)[C@H]1O[Si](c1ccccc1)(c1ccccc1)C(C)(C)C. The van der Waals surface area contributed by atoms with Gasteiger partial charge in [-0.1, -0.05) is 81.4 Å². The van der Waals surface area contributed by atoms with Crippen molar-refractivity contribution in [3.05, 3.63) is 93.3 Å². The van der Waals surface area contributed by atoms with Crippen molar-refractivity contribution in [2.24, 2.45) is 0 Å². The highest BCUT2D eigenvalue weighted by molar-refractivity contribution is 6.99. The number of hydrogen-bond acceptors (Lipinski definition) is 7. The lowest BCUT2D eigenvalue weighted by molar-refractivity contribution is -0.122. The monoisotopic (exact) mass is 552 g/mol. The Bertz CT molecular complexity index is 1330. The third kappa shape index (κ3) is 5.61. The molecule has 0 bridgehead atoms. The van der Waals surface area contributed by atoms with Gasteiger partial charge in [0.05, 0.1) is 13.2 Å². The number of aryl methyl sites for hydroxylation is 1. The average molecular weight is 553 g/mol. The number of H-pyrrole nitrogens is 1. The first-order valence-electron chi connectivity index (χ1n) is 13.0. The van der Waals surface area contributed by atoms with E-state index in [1.54, 1.807) is 14.0 Å². The Labute approximate surface area is 228 Å². The quantitative estimate of drug-likeness (QED) is 0.233. The van der Waals surface area contributed by atoms with E-state index in [-0.39, 0.29) is 11.6 Å². The Kier molecular flexibility index (Phi) is 8.82. The highest BCUT2D eigenvalue weighted by atomic mass is 28.4. The minimum atomic E-state index is -3.12. The molecule has 3 aromatic rings. The van der Waals surface area contributed by atoms with Crippen LogP contribution in [-0.2, 0) is 23.4 Å². The van der Waals surface area contributed by atoms with E-state index in [9.17, 15) is 14.4 Å². The zero-order valence-electron chi connectivity index (χ0n) is 23.0. The number of carbonyl (C=O) groups is 1. The van der Waals surface area contributed by atoms with E-state index in [0.29, 0.717) is 18.5 Å². The van der Waals surface area contributed by atoms with Gasteiger partial charge in [-0.15, -0.1) is 0 Å². The first-order valence-corrected chi connectivity index (χ1v) is 14.9. The standard InChI is InChI=1S/C29H36N2O7Si/c1-20-18-31(28(34)30-26(20)33)27-25(36-17-16-35-5)24(23(19-32)37-27)38-39(29(2,3)4,21-12-8-6-9-13-21)22-14-10-7-11-15-22/h6-15,18-19,23-25,27H,16-17H2,1-5H3,(H,30,33,34)/t23?,24-,25-,27?/m1/s1. The second kappa shape index (κ2) is 11.9. The molecule has 0 amide bonds. The number of nitrogens with zero attached hydrogens (tertiary/aromatic N) is 1. The van der Waals surface area contributed by atoms with Crippen LogP contribution in [0.15, 0.2) is 76.4 Å². The molecule has 1 aliphatic rings. The lowest BCUT2D eigenvalue weighted by Gasteiger charge is -2.45. The fourth-order valence-corrected chi connectivity index (χ4v) is 9.94. The molecule has 2 unspecified atom stereocenters. The molecule has 10 heteroatoms.